The van der Waals surface area contributed by atoms with Crippen LogP contribution in [0.2, 0.25) is 0 Å². The number of nitrogens with two attached hydrogens (primary N) is 1. The van der Waals surface area contributed by atoms with Crippen molar-refractivity contribution in [3.05, 3.63) is 10.6 Å². The number of carbonyl (C=O) groups excluding carboxylic acids is 1. The SMILES string of the molecule is Cc1nn(C)c2sc(C(=O)N(C)CC3CCCO3)c(N)c12. The highest BCUT2D eigenvalue weighted by Crippen LogP contribution is 2.36. The lowest BCUT2D eigenvalue weighted by Crippen LogP contribution is -2.33. The molecule has 1 fully saturated rings. The maximum atomic E-state index is 12.6. The normalized spacial score (nSPS) is 18.5. The van der Waals surface area contributed by atoms with E-state index in [-0.39, 0.29) is 12.0 Å². The van der Waals surface area contributed by atoms with Gasteiger partial charge in [0.05, 0.1) is 22.9 Å². The first-order valence-corrected chi connectivity index (χ1v) is 7.89. The molecule has 1 atom stereocenters. The van der Waals surface area contributed by atoms with Crippen LogP contribution in [-0.2, 0) is 11.8 Å². The van der Waals surface area contributed by atoms with Crippen LogP contribution >= 0.6 is 11.3 Å². The van der Waals surface area contributed by atoms with Crippen molar-refractivity contribution in [2.24, 2.45) is 7.05 Å². The summed E-state index contributed by atoms with van der Waals surface area (Å²) in [6, 6.07) is 0. The quantitative estimate of drug-likeness (QED) is 0.938. The minimum absolute atomic E-state index is 0.0383. The molecule has 0 spiro atoms. The Morgan fingerprint density at radius 3 is 3.00 bits per heavy atom. The number of nitrogens with zero attached hydrogens (tertiary/aromatic N) is 3. The molecule has 1 aliphatic rings. The molecule has 3 heterocycles. The Morgan fingerprint density at radius 1 is 1.62 bits per heavy atom. The average Bonchev–Trinajstić information content (AvgIpc) is 3.10. The minimum Gasteiger partial charge on any atom is -0.397 e. The number of likely N-dealkylation sites (N-methyl/N-ethyl adjacent to an activating group) is 1. The number of hydrogen-bond donors (Lipinski definition) is 1. The predicted molar refractivity (Wildman–Crippen MR) is 83.7 cm³/mol. The highest BCUT2D eigenvalue weighted by Gasteiger charge is 2.25. The van der Waals surface area contributed by atoms with E-state index >= 15 is 0 Å². The van der Waals surface area contributed by atoms with Crippen LogP contribution in [-0.4, -0.2) is 46.9 Å². The Bertz CT molecular complexity index is 685. The first-order valence-electron chi connectivity index (χ1n) is 7.07. The van der Waals surface area contributed by atoms with Gasteiger partial charge in [0.15, 0.2) is 0 Å². The molecule has 6 nitrogen and oxygen atoms in total. The zero-order valence-corrected chi connectivity index (χ0v) is 13.4. The molecule has 0 bridgehead atoms. The highest BCUT2D eigenvalue weighted by molar-refractivity contribution is 7.21. The van der Waals surface area contributed by atoms with Gasteiger partial charge in [-0.3, -0.25) is 9.48 Å². The number of carbonyl (C=O) groups is 1. The fourth-order valence-electron chi connectivity index (χ4n) is 2.84. The van der Waals surface area contributed by atoms with Gasteiger partial charge in [0, 0.05) is 27.2 Å². The molecule has 3 rings (SSSR count). The van der Waals surface area contributed by atoms with Gasteiger partial charge in [-0.05, 0) is 19.8 Å². The number of fused-ring (bicyclic) bond motifs is 1. The Kier molecular flexibility index (Phi) is 3.62. The van der Waals surface area contributed by atoms with Gasteiger partial charge < -0.3 is 15.4 Å². The molecule has 21 heavy (non-hydrogen) atoms. The van der Waals surface area contributed by atoms with E-state index in [1.165, 1.54) is 11.3 Å². The van der Waals surface area contributed by atoms with E-state index in [1.54, 1.807) is 16.6 Å². The Balaban J connectivity index is 1.87. The van der Waals surface area contributed by atoms with Crippen molar-refractivity contribution >= 4 is 33.1 Å². The molecule has 7 heteroatoms. The van der Waals surface area contributed by atoms with Crippen molar-refractivity contribution in [2.75, 3.05) is 25.9 Å². The fourth-order valence-corrected chi connectivity index (χ4v) is 4.02. The van der Waals surface area contributed by atoms with Gasteiger partial charge in [-0.1, -0.05) is 0 Å². The van der Waals surface area contributed by atoms with Crippen molar-refractivity contribution < 1.29 is 9.53 Å². The summed E-state index contributed by atoms with van der Waals surface area (Å²) in [5.74, 6) is -0.0383. The van der Waals surface area contributed by atoms with Gasteiger partial charge in [-0.15, -0.1) is 11.3 Å². The molecular weight excluding hydrogens is 288 g/mol. The summed E-state index contributed by atoms with van der Waals surface area (Å²) in [7, 11) is 3.68. The van der Waals surface area contributed by atoms with Gasteiger partial charge in [0.25, 0.3) is 5.91 Å². The molecule has 0 aliphatic carbocycles. The van der Waals surface area contributed by atoms with E-state index in [4.69, 9.17) is 10.5 Å². The first kappa shape index (κ1) is 14.3. The standard InChI is InChI=1S/C14H20N4O2S/c1-8-10-11(15)12(21-14(10)18(3)16-8)13(19)17(2)7-9-5-4-6-20-9/h9H,4-7,15H2,1-3H3. The van der Waals surface area contributed by atoms with Crippen LogP contribution < -0.4 is 5.73 Å². The molecule has 114 valence electrons. The van der Waals surface area contributed by atoms with E-state index < -0.39 is 0 Å². The molecule has 0 radical (unpaired) electrons. The molecule has 1 amide bonds. The first-order chi connectivity index (χ1) is 9.99. The fraction of sp³-hybridized carbons (Fsp3) is 0.571. The topological polar surface area (TPSA) is 73.4 Å². The van der Waals surface area contributed by atoms with Crippen molar-refractivity contribution in [3.63, 3.8) is 0 Å². The zero-order valence-electron chi connectivity index (χ0n) is 12.5. The molecule has 1 saturated heterocycles. The summed E-state index contributed by atoms with van der Waals surface area (Å²) in [4.78, 5) is 15.9. The van der Waals surface area contributed by atoms with E-state index in [2.05, 4.69) is 5.10 Å². The van der Waals surface area contributed by atoms with Crippen molar-refractivity contribution in [3.8, 4) is 0 Å². The maximum Gasteiger partial charge on any atom is 0.265 e. The van der Waals surface area contributed by atoms with Crippen LogP contribution in [0.3, 0.4) is 0 Å². The van der Waals surface area contributed by atoms with E-state index in [9.17, 15) is 4.79 Å². The van der Waals surface area contributed by atoms with E-state index in [0.717, 1.165) is 35.4 Å². The molecule has 0 aromatic carbocycles. The van der Waals surface area contributed by atoms with Crippen molar-refractivity contribution in [1.82, 2.24) is 14.7 Å². The van der Waals surface area contributed by atoms with E-state index in [0.29, 0.717) is 17.1 Å². The summed E-state index contributed by atoms with van der Waals surface area (Å²) in [6.07, 6.45) is 2.24. The maximum absolute atomic E-state index is 12.6. The highest BCUT2D eigenvalue weighted by atomic mass is 32.1. The molecule has 2 aromatic rings. The van der Waals surface area contributed by atoms with Crippen LogP contribution in [0.25, 0.3) is 10.2 Å². The number of aryl methyl sites for hydroxylation is 2. The largest absolute Gasteiger partial charge is 0.397 e. The van der Waals surface area contributed by atoms with Crippen LogP contribution in [0.15, 0.2) is 0 Å². The summed E-state index contributed by atoms with van der Waals surface area (Å²) in [6.45, 7) is 3.32. The smallest absolute Gasteiger partial charge is 0.265 e. The second kappa shape index (κ2) is 5.31. The Hall–Kier alpha value is -1.60. The summed E-state index contributed by atoms with van der Waals surface area (Å²) < 4.78 is 7.37. The molecule has 1 aliphatic heterocycles. The number of nitrogen functional groups attached to an aromatic ring is 1. The molecule has 1 unspecified atom stereocenters. The summed E-state index contributed by atoms with van der Waals surface area (Å²) >= 11 is 1.41. The number of anilines is 1. The lowest BCUT2D eigenvalue weighted by Gasteiger charge is -2.20. The van der Waals surface area contributed by atoms with Gasteiger partial charge in [-0.2, -0.15) is 5.10 Å². The second-order valence-corrected chi connectivity index (χ2v) is 6.55. The molecular formula is C14H20N4O2S. The van der Waals surface area contributed by atoms with Crippen LogP contribution in [0.5, 0.6) is 0 Å². The van der Waals surface area contributed by atoms with Crippen LogP contribution in [0.1, 0.15) is 28.2 Å². The minimum atomic E-state index is -0.0383. The molecule has 0 saturated carbocycles. The van der Waals surface area contributed by atoms with Gasteiger partial charge in [-0.25, -0.2) is 0 Å². The number of amides is 1. The van der Waals surface area contributed by atoms with Gasteiger partial charge >= 0.3 is 0 Å². The van der Waals surface area contributed by atoms with Crippen molar-refractivity contribution in [2.45, 2.75) is 25.9 Å². The van der Waals surface area contributed by atoms with Gasteiger partial charge in [0.1, 0.15) is 9.71 Å². The Morgan fingerprint density at radius 2 is 2.38 bits per heavy atom. The molecule has 2 aromatic heterocycles. The van der Waals surface area contributed by atoms with Crippen LogP contribution in [0, 0.1) is 6.92 Å². The predicted octanol–water partition coefficient (Wildman–Crippen LogP) is 1.78. The van der Waals surface area contributed by atoms with E-state index in [1.807, 2.05) is 14.0 Å². The summed E-state index contributed by atoms with van der Waals surface area (Å²) in [5.41, 5.74) is 7.59. The monoisotopic (exact) mass is 308 g/mol. The third kappa shape index (κ3) is 2.40. The average molecular weight is 308 g/mol. The number of aromatic nitrogens is 2. The summed E-state index contributed by atoms with van der Waals surface area (Å²) in [5, 5.41) is 5.24. The number of thiophene rings is 1. The van der Waals surface area contributed by atoms with Crippen LogP contribution in [0.4, 0.5) is 5.69 Å². The molecule has 2 N–H and O–H groups in total. The number of rotatable bonds is 3. The van der Waals surface area contributed by atoms with Crippen molar-refractivity contribution in [1.29, 1.82) is 0 Å². The lowest BCUT2D eigenvalue weighted by molar-refractivity contribution is 0.0591. The Labute approximate surface area is 127 Å². The third-order valence-electron chi connectivity index (χ3n) is 3.92. The zero-order chi connectivity index (χ0) is 15.1. The third-order valence-corrected chi connectivity index (χ3v) is 5.19. The lowest BCUT2D eigenvalue weighted by atomic mass is 10.2. The number of ether oxygens (including phenoxy) is 1. The van der Waals surface area contributed by atoms with Gasteiger partial charge in [0.2, 0.25) is 0 Å². The number of hydrogen-bond acceptors (Lipinski definition) is 5. The second-order valence-electron chi connectivity index (χ2n) is 5.55.